The maximum absolute atomic E-state index is 14.0. The van der Waals surface area contributed by atoms with Gasteiger partial charge in [0.25, 0.3) is 0 Å². The number of aliphatic imine (C=N–C) groups is 1. The maximum Gasteiger partial charge on any atom is 0.128 e. The molecule has 0 unspecified atom stereocenters. The number of nitrogens with zero attached hydrogens (tertiary/aromatic N) is 1. The first kappa shape index (κ1) is 16.6. The second kappa shape index (κ2) is 6.54. The average Bonchev–Trinajstić information content (AvgIpc) is 2.85. The van der Waals surface area contributed by atoms with Crippen LogP contribution in [0.2, 0.25) is 0 Å². The number of thioether (sulfide) groups is 1. The maximum atomic E-state index is 14.0. The second-order valence-corrected chi connectivity index (χ2v) is 8.16. The summed E-state index contributed by atoms with van der Waals surface area (Å²) in [6.07, 6.45) is 0. The zero-order valence-electron chi connectivity index (χ0n) is 14.9. The van der Waals surface area contributed by atoms with Gasteiger partial charge in [-0.25, -0.2) is 4.39 Å². The van der Waals surface area contributed by atoms with Gasteiger partial charge in [0.05, 0.1) is 23.9 Å². The van der Waals surface area contributed by atoms with Gasteiger partial charge in [-0.1, -0.05) is 42.0 Å². The Morgan fingerprint density at radius 3 is 2.70 bits per heavy atom. The molecule has 0 saturated heterocycles. The van der Waals surface area contributed by atoms with Crippen LogP contribution in [0.3, 0.4) is 0 Å². The van der Waals surface area contributed by atoms with Gasteiger partial charge >= 0.3 is 0 Å². The van der Waals surface area contributed by atoms with Crippen LogP contribution in [0.5, 0.6) is 5.75 Å². The van der Waals surface area contributed by atoms with Crippen molar-refractivity contribution in [1.82, 2.24) is 0 Å². The lowest BCUT2D eigenvalue weighted by Crippen LogP contribution is -2.32. The number of hydrogen-bond donors (Lipinski definition) is 0. The van der Waals surface area contributed by atoms with Gasteiger partial charge in [0, 0.05) is 15.7 Å². The molecule has 2 nitrogen and oxygen atoms in total. The minimum atomic E-state index is -0.266. The summed E-state index contributed by atoms with van der Waals surface area (Å²) < 4.78 is 20.0. The Morgan fingerprint density at radius 1 is 1.04 bits per heavy atom. The fraction of sp³-hybridized carbons (Fsp3) is 0.174. The third-order valence-corrected chi connectivity index (χ3v) is 6.57. The van der Waals surface area contributed by atoms with Crippen molar-refractivity contribution in [3.63, 3.8) is 0 Å². The highest BCUT2D eigenvalue weighted by Crippen LogP contribution is 2.50. The van der Waals surface area contributed by atoms with E-state index in [0.717, 1.165) is 21.9 Å². The van der Waals surface area contributed by atoms with Crippen LogP contribution in [0.15, 0.2) is 76.6 Å². The Labute approximate surface area is 162 Å². The molecule has 2 heterocycles. The van der Waals surface area contributed by atoms with E-state index >= 15 is 0 Å². The molecule has 2 atom stereocenters. The molecular weight excluding hydrogens is 357 g/mol. The number of ether oxygens (including phenoxy) is 1. The third-order valence-electron chi connectivity index (χ3n) is 5.12. The van der Waals surface area contributed by atoms with E-state index in [4.69, 9.17) is 9.73 Å². The second-order valence-electron chi connectivity index (χ2n) is 6.97. The lowest BCUT2D eigenvalue weighted by molar-refractivity contribution is 0.271. The van der Waals surface area contributed by atoms with E-state index in [9.17, 15) is 4.39 Å². The molecule has 0 saturated carbocycles. The van der Waals surface area contributed by atoms with Gasteiger partial charge in [0.15, 0.2) is 0 Å². The normalized spacial score (nSPS) is 20.4. The number of halogens is 1. The molecular formula is C23H18FNOS. The van der Waals surface area contributed by atoms with E-state index in [1.165, 1.54) is 17.2 Å². The quantitative estimate of drug-likeness (QED) is 0.512. The molecule has 3 aromatic rings. The van der Waals surface area contributed by atoms with Crippen molar-refractivity contribution in [1.29, 1.82) is 0 Å². The molecule has 0 bridgehead atoms. The van der Waals surface area contributed by atoms with Crippen molar-refractivity contribution in [2.75, 3.05) is 6.61 Å². The average molecular weight is 375 g/mol. The van der Waals surface area contributed by atoms with Crippen LogP contribution in [0, 0.1) is 18.7 Å². The summed E-state index contributed by atoms with van der Waals surface area (Å²) in [5, 5.41) is 0.157. The molecule has 0 aromatic heterocycles. The predicted molar refractivity (Wildman–Crippen MR) is 108 cm³/mol. The summed E-state index contributed by atoms with van der Waals surface area (Å²) in [4.78, 5) is 6.13. The molecule has 0 spiro atoms. The molecule has 134 valence electrons. The summed E-state index contributed by atoms with van der Waals surface area (Å²) >= 11 is 1.81. The standard InChI is InChI=1S/C23H18FNOS/c1-14-6-8-15(9-7-14)23-18-13-26-20-11-10-16(24)12-17(20)22(18)25-19-4-2-3-5-21(19)27-23/h2-12,18,23H,13H2,1H3/t18-,23-/m1/s1. The van der Waals surface area contributed by atoms with Gasteiger partial charge in [-0.05, 0) is 42.8 Å². The van der Waals surface area contributed by atoms with Crippen LogP contribution < -0.4 is 4.74 Å². The first-order chi connectivity index (χ1) is 13.2. The summed E-state index contributed by atoms with van der Waals surface area (Å²) in [5.41, 5.74) is 5.09. The SMILES string of the molecule is Cc1ccc([C@H]2Sc3ccccc3N=C3c4cc(F)ccc4OC[C@H]32)cc1. The Balaban J connectivity index is 1.71. The van der Waals surface area contributed by atoms with Crippen molar-refractivity contribution in [3.8, 4) is 5.75 Å². The van der Waals surface area contributed by atoms with Crippen LogP contribution in [-0.4, -0.2) is 12.3 Å². The Bertz CT molecular complexity index is 1040. The molecule has 0 fully saturated rings. The van der Waals surface area contributed by atoms with E-state index < -0.39 is 0 Å². The molecule has 27 heavy (non-hydrogen) atoms. The molecule has 4 heteroatoms. The van der Waals surface area contributed by atoms with E-state index in [-0.39, 0.29) is 17.0 Å². The molecule has 3 aromatic carbocycles. The number of rotatable bonds is 1. The highest BCUT2D eigenvalue weighted by Gasteiger charge is 2.37. The molecule has 2 aliphatic rings. The van der Waals surface area contributed by atoms with Crippen LogP contribution >= 0.6 is 11.8 Å². The van der Waals surface area contributed by atoms with E-state index in [1.54, 1.807) is 12.1 Å². The van der Waals surface area contributed by atoms with E-state index in [0.29, 0.717) is 12.4 Å². The summed E-state index contributed by atoms with van der Waals surface area (Å²) in [6, 6.07) is 21.5. The van der Waals surface area contributed by atoms with Crippen LogP contribution in [0.25, 0.3) is 0 Å². The van der Waals surface area contributed by atoms with Gasteiger partial charge in [0.2, 0.25) is 0 Å². The lowest BCUT2D eigenvalue weighted by Gasteiger charge is -2.31. The molecule has 0 radical (unpaired) electrons. The third kappa shape index (κ3) is 2.94. The predicted octanol–water partition coefficient (Wildman–Crippen LogP) is 6.11. The first-order valence-electron chi connectivity index (χ1n) is 9.02. The number of para-hydroxylation sites is 1. The zero-order valence-corrected chi connectivity index (χ0v) is 15.7. The Hall–Kier alpha value is -2.59. The fourth-order valence-electron chi connectivity index (χ4n) is 3.71. The molecule has 2 aliphatic heterocycles. The summed E-state index contributed by atoms with van der Waals surface area (Å²) in [5.74, 6) is 0.496. The fourth-order valence-corrected chi connectivity index (χ4v) is 5.04. The molecule has 0 aliphatic carbocycles. The van der Waals surface area contributed by atoms with Gasteiger partial charge in [-0.2, -0.15) is 0 Å². The van der Waals surface area contributed by atoms with E-state index in [1.807, 2.05) is 30.0 Å². The smallest absolute Gasteiger partial charge is 0.128 e. The highest BCUT2D eigenvalue weighted by molar-refractivity contribution is 7.99. The Kier molecular flexibility index (Phi) is 4.01. The minimum absolute atomic E-state index is 0.0550. The number of benzene rings is 3. The monoisotopic (exact) mass is 375 g/mol. The number of aryl methyl sites for hydroxylation is 1. The molecule has 5 rings (SSSR count). The number of fused-ring (bicyclic) bond motifs is 4. The summed E-state index contributed by atoms with van der Waals surface area (Å²) in [7, 11) is 0. The zero-order chi connectivity index (χ0) is 18.4. The van der Waals surface area contributed by atoms with Crippen molar-refractivity contribution in [2.24, 2.45) is 10.9 Å². The lowest BCUT2D eigenvalue weighted by atomic mass is 9.88. The molecule has 0 N–H and O–H groups in total. The Morgan fingerprint density at radius 2 is 1.85 bits per heavy atom. The van der Waals surface area contributed by atoms with Crippen molar-refractivity contribution >= 4 is 23.2 Å². The van der Waals surface area contributed by atoms with Gasteiger partial charge in [0.1, 0.15) is 11.6 Å². The van der Waals surface area contributed by atoms with Crippen LogP contribution in [0.1, 0.15) is 21.9 Å². The summed E-state index contributed by atoms with van der Waals surface area (Å²) in [6.45, 7) is 2.63. The first-order valence-corrected chi connectivity index (χ1v) is 9.90. The van der Waals surface area contributed by atoms with Gasteiger partial charge < -0.3 is 4.74 Å². The topological polar surface area (TPSA) is 21.6 Å². The largest absolute Gasteiger partial charge is 0.492 e. The van der Waals surface area contributed by atoms with Gasteiger partial charge in [-0.15, -0.1) is 11.8 Å². The van der Waals surface area contributed by atoms with Crippen molar-refractivity contribution in [3.05, 3.63) is 89.2 Å². The highest BCUT2D eigenvalue weighted by atomic mass is 32.2. The van der Waals surface area contributed by atoms with Crippen LogP contribution in [0.4, 0.5) is 10.1 Å². The van der Waals surface area contributed by atoms with Crippen molar-refractivity contribution < 1.29 is 9.13 Å². The minimum Gasteiger partial charge on any atom is -0.492 e. The van der Waals surface area contributed by atoms with Gasteiger partial charge in [-0.3, -0.25) is 4.99 Å². The number of hydrogen-bond acceptors (Lipinski definition) is 3. The molecule has 0 amide bonds. The van der Waals surface area contributed by atoms with Crippen LogP contribution in [-0.2, 0) is 0 Å². The van der Waals surface area contributed by atoms with Crippen molar-refractivity contribution in [2.45, 2.75) is 17.1 Å². The van der Waals surface area contributed by atoms with E-state index in [2.05, 4.69) is 37.3 Å².